The molecular formula is C16H15NO6. The van der Waals surface area contributed by atoms with Crippen LogP contribution in [0.25, 0.3) is 11.3 Å². The molecule has 0 saturated heterocycles. The molecular weight excluding hydrogens is 302 g/mol. The molecule has 1 aliphatic rings. The van der Waals surface area contributed by atoms with Gasteiger partial charge in [-0.3, -0.25) is 4.79 Å². The van der Waals surface area contributed by atoms with Crippen LogP contribution in [0.4, 0.5) is 0 Å². The Kier molecular flexibility index (Phi) is 3.37. The van der Waals surface area contributed by atoms with Crippen molar-refractivity contribution in [2.45, 2.75) is 25.6 Å². The zero-order chi connectivity index (χ0) is 16.8. The number of carbonyl (C=O) groups excluding carboxylic acids is 1. The number of Topliss-reactive ketones (excluding diaryl/α,β-unsaturated/α-hetero) is 1. The van der Waals surface area contributed by atoms with E-state index in [0.717, 1.165) is 4.90 Å². The first kappa shape index (κ1) is 15.1. The van der Waals surface area contributed by atoms with Gasteiger partial charge in [0.15, 0.2) is 5.76 Å². The molecule has 0 aliphatic carbocycles. The van der Waals surface area contributed by atoms with Crippen LogP contribution in [0.5, 0.6) is 0 Å². The van der Waals surface area contributed by atoms with Gasteiger partial charge in [-0.25, -0.2) is 4.79 Å². The van der Waals surface area contributed by atoms with E-state index in [9.17, 15) is 19.8 Å². The van der Waals surface area contributed by atoms with Crippen LogP contribution in [-0.2, 0) is 9.59 Å². The van der Waals surface area contributed by atoms with Crippen molar-refractivity contribution in [3.63, 3.8) is 0 Å². The third-order valence-electron chi connectivity index (χ3n) is 3.87. The number of aliphatic carboxylic acids is 1. The molecule has 0 radical (unpaired) electrons. The van der Waals surface area contributed by atoms with Crippen molar-refractivity contribution >= 4 is 23.0 Å². The summed E-state index contributed by atoms with van der Waals surface area (Å²) in [6, 6.07) is 5.23. The summed E-state index contributed by atoms with van der Waals surface area (Å²) in [5, 5.41) is 20.0. The van der Waals surface area contributed by atoms with Crippen LogP contribution in [0.15, 0.2) is 45.6 Å². The minimum atomic E-state index is -2.03. The number of carbonyl (C=O) groups is 2. The smallest absolute Gasteiger partial charge is 0.326 e. The zero-order valence-electron chi connectivity index (χ0n) is 12.5. The zero-order valence-corrected chi connectivity index (χ0v) is 12.5. The Bertz CT molecular complexity index is 770. The first-order valence-electron chi connectivity index (χ1n) is 6.97. The molecule has 7 nitrogen and oxygen atoms in total. The quantitative estimate of drug-likeness (QED) is 0.886. The number of nitrogens with zero attached hydrogens (tertiary/aromatic N) is 1. The SMILES string of the molecule is CC(C(=O)O)N1C(c2ccco2)=C(c2ccco2)C(=O)C1(C)O. The number of carboxylic acid groups (broad SMARTS) is 1. The van der Waals surface area contributed by atoms with Crippen LogP contribution >= 0.6 is 0 Å². The lowest BCUT2D eigenvalue weighted by molar-refractivity contribution is -0.155. The Morgan fingerprint density at radius 3 is 2.26 bits per heavy atom. The molecule has 23 heavy (non-hydrogen) atoms. The van der Waals surface area contributed by atoms with Gasteiger partial charge in [0.05, 0.1) is 23.8 Å². The Morgan fingerprint density at radius 2 is 1.78 bits per heavy atom. The molecule has 7 heteroatoms. The highest BCUT2D eigenvalue weighted by Gasteiger charge is 2.53. The van der Waals surface area contributed by atoms with Crippen molar-refractivity contribution in [2.24, 2.45) is 0 Å². The summed E-state index contributed by atoms with van der Waals surface area (Å²) in [7, 11) is 0. The predicted octanol–water partition coefficient (Wildman–Crippen LogP) is 1.81. The average molecular weight is 317 g/mol. The fraction of sp³-hybridized carbons (Fsp3) is 0.250. The molecule has 2 N–H and O–H groups in total. The van der Waals surface area contributed by atoms with Crippen molar-refractivity contribution in [3.05, 3.63) is 48.3 Å². The van der Waals surface area contributed by atoms with Gasteiger partial charge in [-0.2, -0.15) is 0 Å². The van der Waals surface area contributed by atoms with Crippen molar-refractivity contribution in [3.8, 4) is 0 Å². The maximum absolute atomic E-state index is 12.7. The van der Waals surface area contributed by atoms with Crippen LogP contribution in [0, 0.1) is 0 Å². The van der Waals surface area contributed by atoms with E-state index in [4.69, 9.17) is 8.83 Å². The lowest BCUT2D eigenvalue weighted by Crippen LogP contribution is -2.52. The van der Waals surface area contributed by atoms with Crippen LogP contribution < -0.4 is 0 Å². The first-order valence-corrected chi connectivity index (χ1v) is 6.97. The molecule has 1 aliphatic heterocycles. The normalized spacial score (nSPS) is 22.7. The first-order chi connectivity index (χ1) is 10.9. The second kappa shape index (κ2) is 5.13. The molecule has 120 valence electrons. The number of carboxylic acids is 1. The number of hydrogen-bond acceptors (Lipinski definition) is 6. The number of furan rings is 2. The van der Waals surface area contributed by atoms with E-state index in [1.165, 1.54) is 26.4 Å². The Labute approximate surface area is 131 Å². The van der Waals surface area contributed by atoms with Crippen LogP contribution in [0.1, 0.15) is 25.4 Å². The number of rotatable bonds is 4. The van der Waals surface area contributed by atoms with E-state index >= 15 is 0 Å². The van der Waals surface area contributed by atoms with Crippen LogP contribution in [0.3, 0.4) is 0 Å². The van der Waals surface area contributed by atoms with Crippen molar-refractivity contribution in [2.75, 3.05) is 0 Å². The minimum Gasteiger partial charge on any atom is -0.480 e. The molecule has 0 bridgehead atoms. The second-order valence-electron chi connectivity index (χ2n) is 5.41. The lowest BCUT2D eigenvalue weighted by atomic mass is 10.0. The fourth-order valence-corrected chi connectivity index (χ4v) is 2.78. The maximum atomic E-state index is 12.7. The van der Waals surface area contributed by atoms with Gasteiger partial charge in [0.2, 0.25) is 11.5 Å². The van der Waals surface area contributed by atoms with Gasteiger partial charge >= 0.3 is 5.97 Å². The standard InChI is InChI=1S/C16H15NO6/c1-9(15(19)20)17-13(11-6-4-8-23-11)12(10-5-3-7-22-10)14(18)16(17,2)21/h3-9,21H,1-2H3,(H,19,20). The van der Waals surface area contributed by atoms with Crippen molar-refractivity contribution in [1.29, 1.82) is 0 Å². The van der Waals surface area contributed by atoms with E-state index < -0.39 is 23.5 Å². The molecule has 2 aromatic heterocycles. The highest BCUT2D eigenvalue weighted by Crippen LogP contribution is 2.44. The highest BCUT2D eigenvalue weighted by atomic mass is 16.4. The number of hydrogen-bond donors (Lipinski definition) is 2. The minimum absolute atomic E-state index is 0.0862. The maximum Gasteiger partial charge on any atom is 0.326 e. The van der Waals surface area contributed by atoms with Gasteiger partial charge in [-0.15, -0.1) is 0 Å². The van der Waals surface area contributed by atoms with Gasteiger partial charge in [0, 0.05) is 0 Å². The fourth-order valence-electron chi connectivity index (χ4n) is 2.78. The third-order valence-corrected chi connectivity index (χ3v) is 3.87. The van der Waals surface area contributed by atoms with Crippen molar-refractivity contribution < 1.29 is 28.6 Å². The molecule has 0 amide bonds. The summed E-state index contributed by atoms with van der Waals surface area (Å²) in [6.45, 7) is 2.64. The third kappa shape index (κ3) is 2.17. The van der Waals surface area contributed by atoms with E-state index in [1.807, 2.05) is 0 Å². The summed E-state index contributed by atoms with van der Waals surface area (Å²) >= 11 is 0. The van der Waals surface area contributed by atoms with Crippen LogP contribution in [-0.4, -0.2) is 38.6 Å². The Hall–Kier alpha value is -2.80. The van der Waals surface area contributed by atoms with E-state index in [-0.39, 0.29) is 22.8 Å². The van der Waals surface area contributed by atoms with Gasteiger partial charge < -0.3 is 23.9 Å². The molecule has 3 heterocycles. The van der Waals surface area contributed by atoms with Crippen LogP contribution in [0.2, 0.25) is 0 Å². The van der Waals surface area contributed by atoms with Crippen molar-refractivity contribution in [1.82, 2.24) is 4.90 Å². The molecule has 3 rings (SSSR count). The van der Waals surface area contributed by atoms with Gasteiger partial charge in [0.25, 0.3) is 0 Å². The molecule has 2 aromatic rings. The molecule has 2 atom stereocenters. The van der Waals surface area contributed by atoms with Gasteiger partial charge in [-0.05, 0) is 38.1 Å². The van der Waals surface area contributed by atoms with E-state index in [1.54, 1.807) is 24.3 Å². The monoisotopic (exact) mass is 317 g/mol. The lowest BCUT2D eigenvalue weighted by Gasteiger charge is -2.35. The topological polar surface area (TPSA) is 104 Å². The largest absolute Gasteiger partial charge is 0.480 e. The number of ketones is 1. The molecule has 2 unspecified atom stereocenters. The van der Waals surface area contributed by atoms with E-state index in [0.29, 0.717) is 0 Å². The summed E-state index contributed by atoms with van der Waals surface area (Å²) in [4.78, 5) is 25.3. The number of aliphatic hydroxyl groups is 1. The van der Waals surface area contributed by atoms with E-state index in [2.05, 4.69) is 0 Å². The summed E-state index contributed by atoms with van der Waals surface area (Å²) in [6.07, 6.45) is 2.80. The molecule has 0 fully saturated rings. The molecule has 0 aromatic carbocycles. The summed E-state index contributed by atoms with van der Waals surface area (Å²) in [5.41, 5.74) is -1.75. The summed E-state index contributed by atoms with van der Waals surface area (Å²) < 4.78 is 10.6. The predicted molar refractivity (Wildman–Crippen MR) is 78.8 cm³/mol. The van der Waals surface area contributed by atoms with Gasteiger partial charge in [-0.1, -0.05) is 0 Å². The Balaban J connectivity index is 2.29. The van der Waals surface area contributed by atoms with Gasteiger partial charge in [0.1, 0.15) is 11.8 Å². The summed E-state index contributed by atoms with van der Waals surface area (Å²) in [5.74, 6) is -1.31. The Morgan fingerprint density at radius 1 is 1.22 bits per heavy atom. The molecule has 0 saturated carbocycles. The molecule has 0 spiro atoms. The highest BCUT2D eigenvalue weighted by molar-refractivity contribution is 6.33. The average Bonchev–Trinajstić information content (AvgIpc) is 3.20. The second-order valence-corrected chi connectivity index (χ2v) is 5.41.